The second-order valence-corrected chi connectivity index (χ2v) is 4.24. The van der Waals surface area contributed by atoms with Crippen LogP contribution < -0.4 is 22.1 Å². The quantitative estimate of drug-likeness (QED) is 0.498. The van der Waals surface area contributed by atoms with Gasteiger partial charge in [-0.3, -0.25) is 14.4 Å². The van der Waals surface area contributed by atoms with Gasteiger partial charge in [-0.15, -0.1) is 0 Å². The Hall–Kier alpha value is -1.63. The van der Waals surface area contributed by atoms with Crippen molar-refractivity contribution < 1.29 is 14.4 Å². The first-order chi connectivity index (χ1) is 8.17. The first-order valence-corrected chi connectivity index (χ1v) is 5.72. The van der Waals surface area contributed by atoms with Gasteiger partial charge in [0.1, 0.15) is 5.54 Å². The molecule has 0 aliphatic carbocycles. The molecule has 0 aliphatic rings. The molecular weight excluding hydrogens is 236 g/mol. The third-order valence-electron chi connectivity index (χ3n) is 1.85. The molecule has 106 valence electrons. The largest absolute Gasteiger partial charge is 0.368 e. The van der Waals surface area contributed by atoms with Crippen LogP contribution in [0.3, 0.4) is 0 Å². The molecule has 7 nitrogen and oxygen atoms in total. The predicted octanol–water partition coefficient (Wildman–Crippen LogP) is -1.14. The Labute approximate surface area is 108 Å². The van der Waals surface area contributed by atoms with Crippen LogP contribution in [0.1, 0.15) is 34.1 Å². The monoisotopic (exact) mass is 260 g/mol. The van der Waals surface area contributed by atoms with E-state index in [0.29, 0.717) is 0 Å². The molecular formula is C11H24N4O3. The molecule has 0 aromatic carbocycles. The van der Waals surface area contributed by atoms with Gasteiger partial charge in [0.25, 0.3) is 0 Å². The van der Waals surface area contributed by atoms with Crippen LogP contribution in [0.4, 0.5) is 0 Å². The zero-order chi connectivity index (χ0) is 14.8. The van der Waals surface area contributed by atoms with E-state index in [0.717, 1.165) is 13.0 Å². The highest BCUT2D eigenvalue weighted by Crippen LogP contribution is 1.98. The van der Waals surface area contributed by atoms with Crippen LogP contribution in [0.2, 0.25) is 0 Å². The maximum absolute atomic E-state index is 11.1. The number of amides is 3. The summed E-state index contributed by atoms with van der Waals surface area (Å²) in [7, 11) is 0. The van der Waals surface area contributed by atoms with Crippen molar-refractivity contribution in [2.75, 3.05) is 13.1 Å². The number of carbonyl (C=O) groups is 3. The molecule has 0 bridgehead atoms. The minimum atomic E-state index is -1.10. The molecule has 0 heterocycles. The summed E-state index contributed by atoms with van der Waals surface area (Å²) >= 11 is 0. The van der Waals surface area contributed by atoms with E-state index < -0.39 is 17.4 Å². The van der Waals surface area contributed by atoms with Crippen LogP contribution in [-0.2, 0) is 14.4 Å². The molecule has 3 amide bonds. The van der Waals surface area contributed by atoms with Gasteiger partial charge in [0.05, 0.1) is 6.54 Å². The summed E-state index contributed by atoms with van der Waals surface area (Å²) in [5.41, 5.74) is 8.96. The van der Waals surface area contributed by atoms with Crippen molar-refractivity contribution in [1.82, 2.24) is 10.6 Å². The van der Waals surface area contributed by atoms with Crippen LogP contribution in [0.5, 0.6) is 0 Å². The molecule has 0 fully saturated rings. The summed E-state index contributed by atoms with van der Waals surface area (Å²) in [5, 5.41) is 4.69. The predicted molar refractivity (Wildman–Crippen MR) is 69.4 cm³/mol. The van der Waals surface area contributed by atoms with E-state index in [1.54, 1.807) is 0 Å². The second-order valence-electron chi connectivity index (χ2n) is 4.24. The molecule has 0 aromatic rings. The standard InChI is InChI=1S/C8H15N3O3.C3H9N/c1-5(12)10-4-6(13)11-8(2,3)7(9)14;1-2-3-4/h4H2,1-3H3,(H2,9,14)(H,10,12)(H,11,13);2-4H2,1H3. The van der Waals surface area contributed by atoms with Gasteiger partial charge in [-0.05, 0) is 26.8 Å². The number of nitrogens with one attached hydrogen (secondary N) is 2. The highest BCUT2D eigenvalue weighted by Gasteiger charge is 2.26. The number of primary amides is 1. The maximum Gasteiger partial charge on any atom is 0.242 e. The number of carbonyl (C=O) groups excluding carboxylic acids is 3. The van der Waals surface area contributed by atoms with Crippen LogP contribution in [0.15, 0.2) is 0 Å². The van der Waals surface area contributed by atoms with Gasteiger partial charge < -0.3 is 22.1 Å². The zero-order valence-corrected chi connectivity index (χ0v) is 11.5. The Kier molecular flexibility index (Phi) is 9.79. The number of nitrogens with two attached hydrogens (primary N) is 2. The minimum absolute atomic E-state index is 0.161. The van der Waals surface area contributed by atoms with Gasteiger partial charge in [-0.1, -0.05) is 6.92 Å². The van der Waals surface area contributed by atoms with Crippen molar-refractivity contribution >= 4 is 17.7 Å². The number of hydrogen-bond donors (Lipinski definition) is 4. The van der Waals surface area contributed by atoms with E-state index in [2.05, 4.69) is 17.6 Å². The van der Waals surface area contributed by atoms with E-state index in [4.69, 9.17) is 11.5 Å². The Morgan fingerprint density at radius 1 is 1.22 bits per heavy atom. The lowest BCUT2D eigenvalue weighted by molar-refractivity contribution is -0.130. The van der Waals surface area contributed by atoms with Gasteiger partial charge in [-0.2, -0.15) is 0 Å². The molecule has 18 heavy (non-hydrogen) atoms. The van der Waals surface area contributed by atoms with Gasteiger partial charge in [0, 0.05) is 6.92 Å². The first-order valence-electron chi connectivity index (χ1n) is 5.72. The van der Waals surface area contributed by atoms with Crippen molar-refractivity contribution in [2.45, 2.75) is 39.7 Å². The topological polar surface area (TPSA) is 127 Å². The summed E-state index contributed by atoms with van der Waals surface area (Å²) in [4.78, 5) is 32.4. The molecule has 7 heteroatoms. The highest BCUT2D eigenvalue weighted by molar-refractivity contribution is 5.91. The molecule has 0 rings (SSSR count). The van der Waals surface area contributed by atoms with Gasteiger partial charge in [-0.25, -0.2) is 0 Å². The Balaban J connectivity index is 0. The molecule has 6 N–H and O–H groups in total. The lowest BCUT2D eigenvalue weighted by Crippen LogP contribution is -2.55. The fourth-order valence-electron chi connectivity index (χ4n) is 0.659. The van der Waals surface area contributed by atoms with Crippen molar-refractivity contribution in [3.63, 3.8) is 0 Å². The fourth-order valence-corrected chi connectivity index (χ4v) is 0.659. The average Bonchev–Trinajstić information content (AvgIpc) is 2.26. The first kappa shape index (κ1) is 18.7. The SMILES string of the molecule is CC(=O)NCC(=O)NC(C)(C)C(N)=O.CCCN. The summed E-state index contributed by atoms with van der Waals surface area (Å²) in [6, 6.07) is 0. The van der Waals surface area contributed by atoms with E-state index in [1.165, 1.54) is 20.8 Å². The highest BCUT2D eigenvalue weighted by atomic mass is 16.2. The molecule has 0 saturated carbocycles. The Bertz CT molecular complexity index is 288. The van der Waals surface area contributed by atoms with Gasteiger partial charge in [0.2, 0.25) is 17.7 Å². The molecule has 0 atom stereocenters. The van der Waals surface area contributed by atoms with E-state index in [1.807, 2.05) is 0 Å². The third kappa shape index (κ3) is 10.9. The smallest absolute Gasteiger partial charge is 0.242 e. The molecule has 0 radical (unpaired) electrons. The summed E-state index contributed by atoms with van der Waals surface area (Å²) in [6.07, 6.45) is 1.10. The van der Waals surface area contributed by atoms with Crippen LogP contribution in [0.25, 0.3) is 0 Å². The fraction of sp³-hybridized carbons (Fsp3) is 0.727. The molecule has 0 aromatic heterocycles. The molecule has 0 unspecified atom stereocenters. The molecule has 0 saturated heterocycles. The Morgan fingerprint density at radius 3 is 1.94 bits per heavy atom. The lowest BCUT2D eigenvalue weighted by atomic mass is 10.1. The lowest BCUT2D eigenvalue weighted by Gasteiger charge is -2.22. The van der Waals surface area contributed by atoms with Crippen molar-refractivity contribution in [2.24, 2.45) is 11.5 Å². The Morgan fingerprint density at radius 2 is 1.67 bits per heavy atom. The van der Waals surface area contributed by atoms with Gasteiger partial charge >= 0.3 is 0 Å². The second kappa shape index (κ2) is 9.41. The zero-order valence-electron chi connectivity index (χ0n) is 11.5. The summed E-state index contributed by atoms with van der Waals surface area (Å²) < 4.78 is 0. The molecule has 0 spiro atoms. The minimum Gasteiger partial charge on any atom is -0.368 e. The van der Waals surface area contributed by atoms with Crippen molar-refractivity contribution in [1.29, 1.82) is 0 Å². The van der Waals surface area contributed by atoms with Crippen LogP contribution >= 0.6 is 0 Å². The maximum atomic E-state index is 11.1. The van der Waals surface area contributed by atoms with E-state index in [-0.39, 0.29) is 12.5 Å². The summed E-state index contributed by atoms with van der Waals surface area (Å²) in [5.74, 6) is -1.39. The summed E-state index contributed by atoms with van der Waals surface area (Å²) in [6.45, 7) is 6.99. The average molecular weight is 260 g/mol. The van der Waals surface area contributed by atoms with E-state index in [9.17, 15) is 14.4 Å². The van der Waals surface area contributed by atoms with Crippen LogP contribution in [0, 0.1) is 0 Å². The van der Waals surface area contributed by atoms with Gasteiger partial charge in [0.15, 0.2) is 0 Å². The van der Waals surface area contributed by atoms with Crippen LogP contribution in [-0.4, -0.2) is 36.3 Å². The normalized spacial score (nSPS) is 9.83. The third-order valence-corrected chi connectivity index (χ3v) is 1.85. The van der Waals surface area contributed by atoms with E-state index >= 15 is 0 Å². The number of rotatable bonds is 5. The van der Waals surface area contributed by atoms with Crippen molar-refractivity contribution in [3.8, 4) is 0 Å². The van der Waals surface area contributed by atoms with Crippen molar-refractivity contribution in [3.05, 3.63) is 0 Å². The molecule has 0 aliphatic heterocycles. The number of hydrogen-bond acceptors (Lipinski definition) is 4.